The van der Waals surface area contributed by atoms with Crippen LogP contribution in [0.5, 0.6) is 0 Å². The number of ether oxygens (including phenoxy) is 1. The molecule has 0 bridgehead atoms. The first kappa shape index (κ1) is 21.5. The molecule has 1 aliphatic heterocycles. The molecule has 7 nitrogen and oxygen atoms in total. The second kappa shape index (κ2) is 8.39. The number of nitrogens with one attached hydrogen (secondary N) is 1. The maximum atomic E-state index is 13.3. The Labute approximate surface area is 190 Å². The quantitative estimate of drug-likeness (QED) is 0.287. The summed E-state index contributed by atoms with van der Waals surface area (Å²) in [5.41, 5.74) is 4.06. The molecule has 0 unspecified atom stereocenters. The third kappa shape index (κ3) is 3.80. The summed E-state index contributed by atoms with van der Waals surface area (Å²) in [5.74, 6) is -1.47. The number of carbonyl (C=O) groups excluding carboxylic acids is 3. The molecule has 1 aromatic heterocycles. The molecule has 32 heavy (non-hydrogen) atoms. The summed E-state index contributed by atoms with van der Waals surface area (Å²) in [4.78, 5) is 39.2. The van der Waals surface area contributed by atoms with Crippen molar-refractivity contribution in [2.75, 3.05) is 12.0 Å². The zero-order valence-corrected chi connectivity index (χ0v) is 18.7. The molecule has 0 radical (unpaired) electrons. The van der Waals surface area contributed by atoms with Crippen LogP contribution in [0.4, 0.5) is 5.69 Å². The fourth-order valence-electron chi connectivity index (χ4n) is 3.64. The van der Waals surface area contributed by atoms with Crippen molar-refractivity contribution in [2.45, 2.75) is 20.4 Å². The molecule has 0 aliphatic carbocycles. The minimum atomic E-state index is -0.565. The van der Waals surface area contributed by atoms with Gasteiger partial charge in [0, 0.05) is 22.7 Å². The van der Waals surface area contributed by atoms with Gasteiger partial charge in [-0.25, -0.2) is 0 Å². The van der Waals surface area contributed by atoms with Gasteiger partial charge in [0.2, 0.25) is 0 Å². The number of hydrogen-bond acceptors (Lipinski definition) is 5. The summed E-state index contributed by atoms with van der Waals surface area (Å²) in [6.07, 6.45) is 3.26. The van der Waals surface area contributed by atoms with Crippen LogP contribution >= 0.6 is 12.2 Å². The number of amides is 2. The minimum Gasteiger partial charge on any atom is -0.468 e. The van der Waals surface area contributed by atoms with Gasteiger partial charge < -0.3 is 9.30 Å². The second-order valence-electron chi connectivity index (χ2n) is 7.53. The van der Waals surface area contributed by atoms with Gasteiger partial charge in [0.25, 0.3) is 11.8 Å². The van der Waals surface area contributed by atoms with Crippen LogP contribution in [0.2, 0.25) is 0 Å². The van der Waals surface area contributed by atoms with E-state index < -0.39 is 17.8 Å². The first-order valence-corrected chi connectivity index (χ1v) is 10.3. The third-order valence-electron chi connectivity index (χ3n) is 5.50. The number of nitrogens with zero attached hydrogens (tertiary/aromatic N) is 2. The number of aromatic nitrogens is 1. The van der Waals surface area contributed by atoms with Crippen molar-refractivity contribution in [1.29, 1.82) is 0 Å². The van der Waals surface area contributed by atoms with Crippen molar-refractivity contribution in [2.24, 2.45) is 0 Å². The normalized spacial score (nSPS) is 15.4. The van der Waals surface area contributed by atoms with Crippen LogP contribution in [0.15, 0.2) is 54.2 Å². The van der Waals surface area contributed by atoms with E-state index in [1.165, 1.54) is 18.1 Å². The van der Waals surface area contributed by atoms with Crippen LogP contribution in [0.25, 0.3) is 17.0 Å². The Kier molecular flexibility index (Phi) is 5.63. The molecular formula is C24H21N3O4S. The Hall–Kier alpha value is -3.78. The van der Waals surface area contributed by atoms with E-state index in [-0.39, 0.29) is 17.2 Å². The number of para-hydroxylation sites is 1. The first-order valence-electron chi connectivity index (χ1n) is 9.93. The zero-order chi connectivity index (χ0) is 23.0. The molecule has 3 aromatic rings. The van der Waals surface area contributed by atoms with E-state index >= 15 is 0 Å². The van der Waals surface area contributed by atoms with Crippen molar-refractivity contribution < 1.29 is 19.1 Å². The lowest BCUT2D eigenvalue weighted by Crippen LogP contribution is -2.54. The number of rotatable bonds is 4. The van der Waals surface area contributed by atoms with Crippen LogP contribution in [-0.4, -0.2) is 34.6 Å². The monoisotopic (exact) mass is 447 g/mol. The molecule has 0 saturated carbocycles. The largest absolute Gasteiger partial charge is 0.468 e. The summed E-state index contributed by atoms with van der Waals surface area (Å²) in [7, 11) is 1.33. The Morgan fingerprint density at radius 3 is 2.59 bits per heavy atom. The number of hydrogen-bond donors (Lipinski definition) is 1. The van der Waals surface area contributed by atoms with Gasteiger partial charge >= 0.3 is 5.97 Å². The molecule has 1 N–H and O–H groups in total. The molecule has 4 rings (SSSR count). The number of methoxy groups -OCH3 is 1. The Balaban J connectivity index is 1.79. The molecule has 1 aliphatic rings. The van der Waals surface area contributed by atoms with Crippen molar-refractivity contribution in [3.8, 4) is 0 Å². The van der Waals surface area contributed by atoms with Gasteiger partial charge in [0.05, 0.1) is 12.8 Å². The Morgan fingerprint density at radius 2 is 1.88 bits per heavy atom. The molecule has 1 saturated heterocycles. The van der Waals surface area contributed by atoms with Crippen LogP contribution in [0.1, 0.15) is 16.7 Å². The number of esters is 1. The molecule has 8 heteroatoms. The molecular weight excluding hydrogens is 426 g/mol. The van der Waals surface area contributed by atoms with E-state index in [9.17, 15) is 14.4 Å². The second-order valence-corrected chi connectivity index (χ2v) is 7.92. The topological polar surface area (TPSA) is 80.6 Å². The average Bonchev–Trinajstić information content (AvgIpc) is 3.10. The summed E-state index contributed by atoms with van der Waals surface area (Å²) < 4.78 is 6.50. The lowest BCUT2D eigenvalue weighted by atomic mass is 10.0. The molecule has 2 heterocycles. The van der Waals surface area contributed by atoms with Crippen molar-refractivity contribution in [1.82, 2.24) is 9.88 Å². The van der Waals surface area contributed by atoms with Gasteiger partial charge in [0.1, 0.15) is 12.1 Å². The Morgan fingerprint density at radius 1 is 1.12 bits per heavy atom. The van der Waals surface area contributed by atoms with Gasteiger partial charge in [-0.2, -0.15) is 0 Å². The average molecular weight is 448 g/mol. The SMILES string of the molecule is COC(=O)Cn1cc(/C=C2/C(=O)NC(=S)N(c3ccc(C)c(C)c3)C2=O)c2ccccc21. The van der Waals surface area contributed by atoms with Crippen molar-refractivity contribution in [3.63, 3.8) is 0 Å². The molecule has 162 valence electrons. The minimum absolute atomic E-state index is 0.0131. The molecule has 2 amide bonds. The standard InChI is InChI=1S/C24H21N3O4S/c1-14-8-9-17(10-15(14)2)27-23(30)19(22(29)25-24(27)32)11-16-12-26(13-21(28)31-3)20-7-5-4-6-18(16)20/h4-12H,13H2,1-3H3,(H,25,29,32)/b19-11-. The van der Waals surface area contributed by atoms with Gasteiger partial charge in [-0.1, -0.05) is 24.3 Å². The maximum absolute atomic E-state index is 13.3. The fraction of sp³-hybridized carbons (Fsp3) is 0.167. The zero-order valence-electron chi connectivity index (χ0n) is 17.8. The molecule has 0 spiro atoms. The van der Waals surface area contributed by atoms with Crippen LogP contribution in [0.3, 0.4) is 0 Å². The van der Waals surface area contributed by atoms with Crippen LogP contribution in [0, 0.1) is 13.8 Å². The van der Waals surface area contributed by atoms with Crippen LogP contribution in [-0.2, 0) is 25.7 Å². The van der Waals surface area contributed by atoms with E-state index in [4.69, 9.17) is 17.0 Å². The lowest BCUT2D eigenvalue weighted by Gasteiger charge is -2.29. The predicted octanol–water partition coefficient (Wildman–Crippen LogP) is 3.26. The highest BCUT2D eigenvalue weighted by Gasteiger charge is 2.34. The number of thiocarbonyl (C=S) groups is 1. The van der Waals surface area contributed by atoms with E-state index in [0.29, 0.717) is 11.3 Å². The fourth-order valence-corrected chi connectivity index (χ4v) is 3.92. The highest BCUT2D eigenvalue weighted by atomic mass is 32.1. The number of fused-ring (bicyclic) bond motifs is 1. The first-order chi connectivity index (χ1) is 15.3. The van der Waals surface area contributed by atoms with Crippen molar-refractivity contribution >= 4 is 57.8 Å². The van der Waals surface area contributed by atoms with Gasteiger partial charge in [-0.05, 0) is 61.5 Å². The van der Waals surface area contributed by atoms with Crippen LogP contribution < -0.4 is 10.2 Å². The number of benzene rings is 2. The van der Waals surface area contributed by atoms with Gasteiger partial charge in [-0.15, -0.1) is 0 Å². The van der Waals surface area contributed by atoms with E-state index in [1.807, 2.05) is 50.2 Å². The lowest BCUT2D eigenvalue weighted by molar-refractivity contribution is -0.141. The predicted molar refractivity (Wildman–Crippen MR) is 126 cm³/mol. The summed E-state index contributed by atoms with van der Waals surface area (Å²) in [6.45, 7) is 3.94. The molecule has 2 aromatic carbocycles. The smallest absolute Gasteiger partial charge is 0.325 e. The third-order valence-corrected chi connectivity index (χ3v) is 5.78. The van der Waals surface area contributed by atoms with Gasteiger partial charge in [-0.3, -0.25) is 24.6 Å². The summed E-state index contributed by atoms with van der Waals surface area (Å²) in [6, 6.07) is 13.0. The maximum Gasteiger partial charge on any atom is 0.325 e. The Bertz CT molecular complexity index is 1320. The summed E-state index contributed by atoms with van der Waals surface area (Å²) in [5, 5.41) is 3.44. The highest BCUT2D eigenvalue weighted by Crippen LogP contribution is 2.27. The summed E-state index contributed by atoms with van der Waals surface area (Å²) >= 11 is 5.29. The van der Waals surface area contributed by atoms with E-state index in [1.54, 1.807) is 16.8 Å². The van der Waals surface area contributed by atoms with Gasteiger partial charge in [0.15, 0.2) is 5.11 Å². The highest BCUT2D eigenvalue weighted by molar-refractivity contribution is 7.80. The number of aryl methyl sites for hydroxylation is 2. The molecule has 1 fully saturated rings. The number of carbonyl (C=O) groups is 3. The number of anilines is 1. The van der Waals surface area contributed by atoms with E-state index in [0.717, 1.165) is 22.0 Å². The van der Waals surface area contributed by atoms with E-state index in [2.05, 4.69) is 5.32 Å². The molecule has 0 atom stereocenters. The van der Waals surface area contributed by atoms with Crippen molar-refractivity contribution in [3.05, 3.63) is 70.9 Å².